The second kappa shape index (κ2) is 4.44. The summed E-state index contributed by atoms with van der Waals surface area (Å²) in [5.74, 6) is 0.451. The van der Waals surface area contributed by atoms with Crippen LogP contribution in [0.15, 0.2) is 16.5 Å². The zero-order chi connectivity index (χ0) is 10.7. The van der Waals surface area contributed by atoms with E-state index in [9.17, 15) is 10.1 Å². The predicted molar refractivity (Wildman–Crippen MR) is 54.5 cm³/mol. The molecule has 1 N–H and O–H groups in total. The van der Waals surface area contributed by atoms with Crippen LogP contribution in [-0.2, 0) is 6.54 Å². The molecule has 0 amide bonds. The number of furan rings is 1. The van der Waals surface area contributed by atoms with Gasteiger partial charge in [-0.15, -0.1) is 0 Å². The van der Waals surface area contributed by atoms with E-state index in [1.165, 1.54) is 31.7 Å². The van der Waals surface area contributed by atoms with Crippen molar-refractivity contribution in [3.8, 4) is 0 Å². The van der Waals surface area contributed by atoms with Crippen molar-refractivity contribution in [2.75, 3.05) is 0 Å². The van der Waals surface area contributed by atoms with Crippen LogP contribution in [-0.4, -0.2) is 11.0 Å². The molecular formula is C10H14N2O3. The maximum absolute atomic E-state index is 10.4. The smallest absolute Gasteiger partial charge is 0.404 e. The summed E-state index contributed by atoms with van der Waals surface area (Å²) in [6.07, 6.45) is 4.94. The van der Waals surface area contributed by atoms with Gasteiger partial charge in [-0.1, -0.05) is 12.8 Å². The van der Waals surface area contributed by atoms with Gasteiger partial charge in [-0.2, -0.15) is 0 Å². The molecule has 0 atom stereocenters. The Hall–Kier alpha value is -1.36. The summed E-state index contributed by atoms with van der Waals surface area (Å²) in [5.41, 5.74) is 0. The highest BCUT2D eigenvalue weighted by atomic mass is 16.6. The number of rotatable bonds is 4. The third kappa shape index (κ3) is 2.56. The maximum atomic E-state index is 10.4. The van der Waals surface area contributed by atoms with Crippen LogP contribution >= 0.6 is 0 Å². The van der Waals surface area contributed by atoms with Crippen molar-refractivity contribution in [1.82, 2.24) is 5.32 Å². The molecule has 15 heavy (non-hydrogen) atoms. The predicted octanol–water partition coefficient (Wildman–Crippen LogP) is 2.22. The molecule has 1 aromatic heterocycles. The standard InChI is InChI=1S/C10H14N2O3/c13-12(14)10-6-5-9(15-10)7-11-8-3-1-2-4-8/h5-6,8,11H,1-4,7H2. The normalized spacial score (nSPS) is 17.1. The minimum atomic E-state index is -0.515. The van der Waals surface area contributed by atoms with Crippen LogP contribution < -0.4 is 5.32 Å². The number of nitro groups is 1. The van der Waals surface area contributed by atoms with Gasteiger partial charge in [0.1, 0.15) is 10.7 Å². The molecule has 0 unspecified atom stereocenters. The van der Waals surface area contributed by atoms with Crippen molar-refractivity contribution in [3.63, 3.8) is 0 Å². The Bertz CT molecular complexity index is 342. The number of nitrogens with one attached hydrogen (secondary N) is 1. The fourth-order valence-corrected chi connectivity index (χ4v) is 1.93. The van der Waals surface area contributed by atoms with Gasteiger partial charge in [0.15, 0.2) is 0 Å². The first kappa shape index (κ1) is 10.2. The number of hydrogen-bond acceptors (Lipinski definition) is 4. The molecule has 0 aliphatic heterocycles. The van der Waals surface area contributed by atoms with Gasteiger partial charge in [-0.3, -0.25) is 10.1 Å². The molecule has 0 saturated heterocycles. The summed E-state index contributed by atoms with van der Waals surface area (Å²) in [6, 6.07) is 3.60. The summed E-state index contributed by atoms with van der Waals surface area (Å²) >= 11 is 0. The lowest BCUT2D eigenvalue weighted by Gasteiger charge is -2.09. The minimum absolute atomic E-state index is 0.182. The summed E-state index contributed by atoms with van der Waals surface area (Å²) in [5, 5.41) is 13.7. The van der Waals surface area contributed by atoms with Crippen molar-refractivity contribution in [2.45, 2.75) is 38.3 Å². The van der Waals surface area contributed by atoms with Gasteiger partial charge >= 0.3 is 5.88 Å². The van der Waals surface area contributed by atoms with Crippen molar-refractivity contribution in [1.29, 1.82) is 0 Å². The number of nitrogens with zero attached hydrogens (tertiary/aromatic N) is 1. The van der Waals surface area contributed by atoms with Crippen molar-refractivity contribution in [2.24, 2.45) is 0 Å². The zero-order valence-corrected chi connectivity index (χ0v) is 8.44. The first-order chi connectivity index (χ1) is 7.25. The van der Waals surface area contributed by atoms with Crippen LogP contribution in [0.2, 0.25) is 0 Å². The summed E-state index contributed by atoms with van der Waals surface area (Å²) in [6.45, 7) is 0.582. The molecule has 1 saturated carbocycles. The fraction of sp³-hybridized carbons (Fsp3) is 0.600. The van der Waals surface area contributed by atoms with Crippen LogP contribution in [0.25, 0.3) is 0 Å². The van der Waals surface area contributed by atoms with E-state index in [4.69, 9.17) is 4.42 Å². The summed E-state index contributed by atoms with van der Waals surface area (Å²) in [4.78, 5) is 9.85. The molecule has 0 radical (unpaired) electrons. The molecule has 0 aromatic carbocycles. The molecule has 0 spiro atoms. The third-order valence-corrected chi connectivity index (χ3v) is 2.75. The second-order valence-corrected chi connectivity index (χ2v) is 3.86. The van der Waals surface area contributed by atoms with E-state index in [-0.39, 0.29) is 5.88 Å². The Labute approximate surface area is 87.6 Å². The Morgan fingerprint density at radius 2 is 2.20 bits per heavy atom. The topological polar surface area (TPSA) is 68.3 Å². The Balaban J connectivity index is 1.84. The van der Waals surface area contributed by atoms with Crippen LogP contribution in [0.4, 0.5) is 5.88 Å². The largest absolute Gasteiger partial charge is 0.433 e. The fourth-order valence-electron chi connectivity index (χ4n) is 1.93. The summed E-state index contributed by atoms with van der Waals surface area (Å²) in [7, 11) is 0. The SMILES string of the molecule is O=[N+]([O-])c1ccc(CNC2CCCC2)o1. The van der Waals surface area contributed by atoms with Gasteiger partial charge in [0, 0.05) is 6.04 Å². The van der Waals surface area contributed by atoms with E-state index in [1.54, 1.807) is 6.07 Å². The van der Waals surface area contributed by atoms with Gasteiger partial charge < -0.3 is 9.73 Å². The summed E-state index contributed by atoms with van der Waals surface area (Å²) < 4.78 is 5.04. The highest BCUT2D eigenvalue weighted by Crippen LogP contribution is 2.19. The molecule has 1 aliphatic carbocycles. The monoisotopic (exact) mass is 210 g/mol. The molecule has 5 heteroatoms. The van der Waals surface area contributed by atoms with Gasteiger partial charge in [0.25, 0.3) is 0 Å². The lowest BCUT2D eigenvalue weighted by Crippen LogP contribution is -2.24. The van der Waals surface area contributed by atoms with Crippen LogP contribution in [0.1, 0.15) is 31.4 Å². The lowest BCUT2D eigenvalue weighted by atomic mass is 10.2. The lowest BCUT2D eigenvalue weighted by molar-refractivity contribution is -0.402. The maximum Gasteiger partial charge on any atom is 0.433 e. The molecule has 1 aliphatic rings. The minimum Gasteiger partial charge on any atom is -0.404 e. The van der Waals surface area contributed by atoms with E-state index in [2.05, 4.69) is 5.32 Å². The first-order valence-electron chi connectivity index (χ1n) is 5.22. The van der Waals surface area contributed by atoms with E-state index in [0.29, 0.717) is 18.3 Å². The van der Waals surface area contributed by atoms with E-state index < -0.39 is 4.92 Å². The van der Waals surface area contributed by atoms with Crippen LogP contribution in [0.5, 0.6) is 0 Å². The molecule has 5 nitrogen and oxygen atoms in total. The van der Waals surface area contributed by atoms with Crippen molar-refractivity contribution < 1.29 is 9.34 Å². The molecule has 0 bridgehead atoms. The Kier molecular flexibility index (Phi) is 3.01. The quantitative estimate of drug-likeness (QED) is 0.611. The second-order valence-electron chi connectivity index (χ2n) is 3.86. The third-order valence-electron chi connectivity index (χ3n) is 2.75. The molecule has 1 fully saturated rings. The molecule has 2 rings (SSSR count). The number of hydrogen-bond donors (Lipinski definition) is 1. The first-order valence-corrected chi connectivity index (χ1v) is 5.22. The molecule has 82 valence electrons. The molecular weight excluding hydrogens is 196 g/mol. The molecule has 1 aromatic rings. The average molecular weight is 210 g/mol. The average Bonchev–Trinajstić information content (AvgIpc) is 2.86. The highest BCUT2D eigenvalue weighted by molar-refractivity contribution is 5.17. The van der Waals surface area contributed by atoms with E-state index >= 15 is 0 Å². The van der Waals surface area contributed by atoms with Crippen LogP contribution in [0, 0.1) is 10.1 Å². The van der Waals surface area contributed by atoms with Gasteiger partial charge in [-0.05, 0) is 18.9 Å². The Morgan fingerprint density at radius 1 is 1.47 bits per heavy atom. The van der Waals surface area contributed by atoms with Gasteiger partial charge in [-0.25, -0.2) is 0 Å². The van der Waals surface area contributed by atoms with E-state index in [1.807, 2.05) is 0 Å². The Morgan fingerprint density at radius 3 is 2.80 bits per heavy atom. The van der Waals surface area contributed by atoms with Gasteiger partial charge in [0.05, 0.1) is 12.6 Å². The van der Waals surface area contributed by atoms with Crippen molar-refractivity contribution >= 4 is 5.88 Å². The van der Waals surface area contributed by atoms with Crippen molar-refractivity contribution in [3.05, 3.63) is 28.0 Å². The highest BCUT2D eigenvalue weighted by Gasteiger charge is 2.16. The van der Waals surface area contributed by atoms with Gasteiger partial charge in [0.2, 0.25) is 0 Å². The zero-order valence-electron chi connectivity index (χ0n) is 8.44. The van der Waals surface area contributed by atoms with Crippen LogP contribution in [0.3, 0.4) is 0 Å². The molecule has 1 heterocycles. The van der Waals surface area contributed by atoms with E-state index in [0.717, 1.165) is 0 Å².